The normalized spacial score (nSPS) is 24.2. The summed E-state index contributed by atoms with van der Waals surface area (Å²) < 4.78 is 4.97. The predicted octanol–water partition coefficient (Wildman–Crippen LogP) is 2.31. The number of rotatable bonds is 2. The van der Waals surface area contributed by atoms with Gasteiger partial charge in [-0.25, -0.2) is 0 Å². The van der Waals surface area contributed by atoms with Crippen molar-refractivity contribution in [3.05, 3.63) is 24.2 Å². The number of piperidine rings is 1. The zero-order chi connectivity index (χ0) is 12.4. The van der Waals surface area contributed by atoms with E-state index in [2.05, 4.69) is 5.32 Å². The number of nitrogens with zero attached hydrogens (tertiary/aromatic N) is 1. The topological polar surface area (TPSA) is 45.5 Å². The number of likely N-dealkylation sites (tertiary alicyclic amines) is 1. The molecule has 1 aromatic heterocycles. The second-order valence-corrected chi connectivity index (χ2v) is 5.34. The van der Waals surface area contributed by atoms with E-state index in [1.54, 1.807) is 12.3 Å². The van der Waals surface area contributed by atoms with Crippen molar-refractivity contribution in [3.63, 3.8) is 0 Å². The highest BCUT2D eigenvalue weighted by atomic mass is 35.5. The van der Waals surface area contributed by atoms with Crippen LogP contribution in [0.25, 0.3) is 0 Å². The van der Waals surface area contributed by atoms with Crippen LogP contribution in [0.1, 0.15) is 36.0 Å². The zero-order valence-electron chi connectivity index (χ0n) is 11.0. The lowest BCUT2D eigenvalue weighted by atomic mass is 9.88. The number of carbonyl (C=O) groups excluding carboxylic acids is 1. The maximum atomic E-state index is 12.1. The minimum absolute atomic E-state index is 0. The highest BCUT2D eigenvalue weighted by Crippen LogP contribution is 2.26. The Morgan fingerprint density at radius 3 is 2.68 bits per heavy atom. The fraction of sp³-hybridized carbons (Fsp3) is 0.643. The average molecular weight is 285 g/mol. The van der Waals surface area contributed by atoms with Crippen LogP contribution in [-0.4, -0.2) is 36.5 Å². The van der Waals surface area contributed by atoms with Gasteiger partial charge in [0.05, 0.1) is 11.8 Å². The summed E-state index contributed by atoms with van der Waals surface area (Å²) in [6.45, 7) is 2.93. The Morgan fingerprint density at radius 2 is 2.11 bits per heavy atom. The number of halogens is 1. The molecule has 0 aromatic carbocycles. The van der Waals surface area contributed by atoms with Crippen LogP contribution in [0.2, 0.25) is 0 Å². The summed E-state index contributed by atoms with van der Waals surface area (Å²) in [4.78, 5) is 14.1. The highest BCUT2D eigenvalue weighted by Gasteiger charge is 2.30. The van der Waals surface area contributed by atoms with Crippen molar-refractivity contribution in [2.75, 3.05) is 19.6 Å². The van der Waals surface area contributed by atoms with Gasteiger partial charge in [-0.15, -0.1) is 12.4 Å². The number of nitrogens with one attached hydrogen (secondary N) is 1. The van der Waals surface area contributed by atoms with Crippen LogP contribution in [0.5, 0.6) is 0 Å². The first-order valence-electron chi connectivity index (χ1n) is 6.89. The third-order valence-corrected chi connectivity index (χ3v) is 4.26. The van der Waals surface area contributed by atoms with Crippen molar-refractivity contribution in [3.8, 4) is 0 Å². The second-order valence-electron chi connectivity index (χ2n) is 5.34. The number of carbonyl (C=O) groups is 1. The maximum absolute atomic E-state index is 12.1. The minimum Gasteiger partial charge on any atom is -0.472 e. The van der Waals surface area contributed by atoms with Gasteiger partial charge in [0.25, 0.3) is 5.91 Å². The third-order valence-electron chi connectivity index (χ3n) is 4.26. The van der Waals surface area contributed by atoms with Gasteiger partial charge in [0, 0.05) is 19.1 Å². The van der Waals surface area contributed by atoms with Gasteiger partial charge < -0.3 is 14.6 Å². The van der Waals surface area contributed by atoms with Gasteiger partial charge in [-0.1, -0.05) is 0 Å². The molecule has 106 valence electrons. The van der Waals surface area contributed by atoms with Crippen molar-refractivity contribution in [2.45, 2.75) is 31.7 Å². The molecule has 1 amide bonds. The van der Waals surface area contributed by atoms with Crippen LogP contribution < -0.4 is 5.32 Å². The molecule has 1 atom stereocenters. The molecule has 0 spiro atoms. The van der Waals surface area contributed by atoms with Crippen LogP contribution in [0, 0.1) is 5.92 Å². The molecule has 0 aliphatic carbocycles. The third kappa shape index (κ3) is 3.12. The molecule has 2 fully saturated rings. The number of hydrogen-bond acceptors (Lipinski definition) is 3. The van der Waals surface area contributed by atoms with Crippen molar-refractivity contribution in [1.82, 2.24) is 10.2 Å². The SMILES string of the molecule is Cl.O=C(c1ccoc1)N1CCC(C2CCCN2)CC1. The molecule has 2 aliphatic heterocycles. The summed E-state index contributed by atoms with van der Waals surface area (Å²) in [5.74, 6) is 0.863. The lowest BCUT2D eigenvalue weighted by Crippen LogP contribution is -2.43. The van der Waals surface area contributed by atoms with Gasteiger partial charge in [0.2, 0.25) is 0 Å². The van der Waals surface area contributed by atoms with E-state index >= 15 is 0 Å². The second kappa shape index (κ2) is 6.44. The number of amides is 1. The molecule has 1 N–H and O–H groups in total. The van der Waals surface area contributed by atoms with Crippen molar-refractivity contribution in [2.24, 2.45) is 5.92 Å². The van der Waals surface area contributed by atoms with E-state index in [1.165, 1.54) is 25.6 Å². The van der Waals surface area contributed by atoms with Crippen LogP contribution in [0.4, 0.5) is 0 Å². The molecular weight excluding hydrogens is 264 g/mol. The molecule has 3 heterocycles. The first-order chi connectivity index (χ1) is 8.84. The Hall–Kier alpha value is -1.00. The first-order valence-corrected chi connectivity index (χ1v) is 6.89. The zero-order valence-corrected chi connectivity index (χ0v) is 11.8. The Balaban J connectivity index is 0.00000133. The van der Waals surface area contributed by atoms with E-state index < -0.39 is 0 Å². The molecule has 4 nitrogen and oxygen atoms in total. The van der Waals surface area contributed by atoms with E-state index in [-0.39, 0.29) is 18.3 Å². The standard InChI is InChI=1S/C14H20N2O2.ClH/c17-14(12-5-9-18-10-12)16-7-3-11(4-8-16)13-2-1-6-15-13;/h5,9-11,13,15H,1-4,6-8H2;1H. The summed E-state index contributed by atoms with van der Waals surface area (Å²) in [6, 6.07) is 2.43. The summed E-state index contributed by atoms with van der Waals surface area (Å²) in [5, 5.41) is 3.58. The minimum atomic E-state index is 0. The smallest absolute Gasteiger partial charge is 0.257 e. The predicted molar refractivity (Wildman–Crippen MR) is 75.6 cm³/mol. The van der Waals surface area contributed by atoms with Crippen LogP contribution >= 0.6 is 12.4 Å². The largest absolute Gasteiger partial charge is 0.472 e. The molecule has 0 radical (unpaired) electrons. The van der Waals surface area contributed by atoms with Crippen LogP contribution in [0.3, 0.4) is 0 Å². The monoisotopic (exact) mass is 284 g/mol. The van der Waals surface area contributed by atoms with Crippen LogP contribution in [0.15, 0.2) is 23.0 Å². The summed E-state index contributed by atoms with van der Waals surface area (Å²) in [5.41, 5.74) is 0.674. The number of furan rings is 1. The summed E-state index contributed by atoms with van der Waals surface area (Å²) in [7, 11) is 0. The van der Waals surface area contributed by atoms with E-state index in [1.807, 2.05) is 4.90 Å². The molecule has 0 bridgehead atoms. The lowest BCUT2D eigenvalue weighted by molar-refractivity contribution is 0.0673. The van der Waals surface area contributed by atoms with Gasteiger partial charge in [-0.3, -0.25) is 4.79 Å². The molecule has 2 saturated heterocycles. The van der Waals surface area contributed by atoms with E-state index in [0.717, 1.165) is 31.8 Å². The van der Waals surface area contributed by atoms with Crippen molar-refractivity contribution < 1.29 is 9.21 Å². The van der Waals surface area contributed by atoms with E-state index in [9.17, 15) is 4.79 Å². The summed E-state index contributed by atoms with van der Waals surface area (Å²) in [6.07, 6.45) is 7.96. The van der Waals surface area contributed by atoms with E-state index in [4.69, 9.17) is 4.42 Å². The molecule has 5 heteroatoms. The first kappa shape index (κ1) is 14.4. The molecule has 1 aromatic rings. The van der Waals surface area contributed by atoms with Gasteiger partial charge in [-0.2, -0.15) is 0 Å². The Morgan fingerprint density at radius 1 is 1.32 bits per heavy atom. The fourth-order valence-corrected chi connectivity index (χ4v) is 3.19. The Labute approximate surface area is 119 Å². The van der Waals surface area contributed by atoms with Gasteiger partial charge >= 0.3 is 0 Å². The number of hydrogen-bond donors (Lipinski definition) is 1. The van der Waals surface area contributed by atoms with Crippen LogP contribution in [-0.2, 0) is 0 Å². The Bertz CT molecular complexity index is 394. The molecule has 3 rings (SSSR count). The molecular formula is C14H21ClN2O2. The molecule has 0 saturated carbocycles. The molecule has 1 unspecified atom stereocenters. The van der Waals surface area contributed by atoms with Crippen molar-refractivity contribution in [1.29, 1.82) is 0 Å². The van der Waals surface area contributed by atoms with Gasteiger partial charge in [0.1, 0.15) is 6.26 Å². The molecule has 2 aliphatic rings. The fourth-order valence-electron chi connectivity index (χ4n) is 3.19. The van der Waals surface area contributed by atoms with Gasteiger partial charge in [-0.05, 0) is 44.2 Å². The Kier molecular flexibility index (Phi) is 4.88. The highest BCUT2D eigenvalue weighted by molar-refractivity contribution is 5.93. The lowest BCUT2D eigenvalue weighted by Gasteiger charge is -2.34. The summed E-state index contributed by atoms with van der Waals surface area (Å²) >= 11 is 0. The quantitative estimate of drug-likeness (QED) is 0.906. The average Bonchev–Trinajstić information content (AvgIpc) is 3.11. The van der Waals surface area contributed by atoms with Gasteiger partial charge in [0.15, 0.2) is 0 Å². The molecule has 19 heavy (non-hydrogen) atoms. The maximum Gasteiger partial charge on any atom is 0.257 e. The van der Waals surface area contributed by atoms with Crippen molar-refractivity contribution >= 4 is 18.3 Å². The van der Waals surface area contributed by atoms with E-state index in [0.29, 0.717) is 11.6 Å².